The predicted molar refractivity (Wildman–Crippen MR) is 79.7 cm³/mol. The number of carbonyl (C=O) groups excluding carboxylic acids is 2. The van der Waals surface area contributed by atoms with Gasteiger partial charge < -0.3 is 19.6 Å². The van der Waals surface area contributed by atoms with Crippen molar-refractivity contribution in [2.45, 2.75) is 39.2 Å². The smallest absolute Gasteiger partial charge is 0.252 e. The van der Waals surface area contributed by atoms with E-state index in [2.05, 4.69) is 0 Å². The minimum Gasteiger partial charge on any atom is -0.396 e. The summed E-state index contributed by atoms with van der Waals surface area (Å²) in [6.07, 6.45) is 2.11. The minimum absolute atomic E-state index is 0.0129. The molecule has 1 unspecified atom stereocenters. The summed E-state index contributed by atoms with van der Waals surface area (Å²) in [6, 6.07) is 0. The third kappa shape index (κ3) is 5.28. The van der Waals surface area contributed by atoms with Crippen molar-refractivity contribution in [2.24, 2.45) is 5.41 Å². The predicted octanol–water partition coefficient (Wildman–Crippen LogP) is 0.491. The molecule has 0 aromatic rings. The van der Waals surface area contributed by atoms with Crippen LogP contribution in [-0.4, -0.2) is 73.2 Å². The molecule has 0 aromatic heterocycles. The van der Waals surface area contributed by atoms with Crippen LogP contribution in [0.2, 0.25) is 0 Å². The van der Waals surface area contributed by atoms with E-state index in [0.717, 1.165) is 12.8 Å². The average Bonchev–Trinajstić information content (AvgIpc) is 2.61. The summed E-state index contributed by atoms with van der Waals surface area (Å²) in [5, 5.41) is 9.27. The van der Waals surface area contributed by atoms with Gasteiger partial charge in [0.1, 0.15) is 6.10 Å². The van der Waals surface area contributed by atoms with Gasteiger partial charge in [0.15, 0.2) is 0 Å². The fraction of sp³-hybridized carbons (Fsp3) is 0.867. The van der Waals surface area contributed by atoms with Crippen molar-refractivity contribution in [1.29, 1.82) is 0 Å². The van der Waals surface area contributed by atoms with E-state index in [-0.39, 0.29) is 30.4 Å². The zero-order chi connectivity index (χ0) is 16.0. The summed E-state index contributed by atoms with van der Waals surface area (Å²) >= 11 is 0. The number of likely N-dealkylation sites (N-methyl/N-ethyl adjacent to an activating group) is 1. The average molecular weight is 300 g/mol. The van der Waals surface area contributed by atoms with E-state index in [4.69, 9.17) is 4.74 Å². The topological polar surface area (TPSA) is 70.1 Å². The molecule has 6 nitrogen and oxygen atoms in total. The second kappa shape index (κ2) is 7.75. The number of aliphatic hydroxyl groups excluding tert-OH is 1. The second-order valence-electron chi connectivity index (χ2n) is 6.55. The van der Waals surface area contributed by atoms with Gasteiger partial charge in [0.05, 0.1) is 6.54 Å². The van der Waals surface area contributed by atoms with E-state index in [1.807, 2.05) is 13.8 Å². The van der Waals surface area contributed by atoms with Crippen molar-refractivity contribution in [1.82, 2.24) is 9.80 Å². The van der Waals surface area contributed by atoms with E-state index in [1.54, 1.807) is 16.8 Å². The van der Waals surface area contributed by atoms with E-state index >= 15 is 0 Å². The van der Waals surface area contributed by atoms with E-state index in [9.17, 15) is 14.7 Å². The van der Waals surface area contributed by atoms with Crippen LogP contribution in [0.4, 0.5) is 0 Å². The molecule has 122 valence electrons. The molecule has 2 amide bonds. The van der Waals surface area contributed by atoms with Crippen molar-refractivity contribution in [3.8, 4) is 0 Å². The first-order chi connectivity index (χ1) is 9.80. The van der Waals surface area contributed by atoms with Gasteiger partial charge in [0, 0.05) is 39.3 Å². The van der Waals surface area contributed by atoms with Crippen LogP contribution >= 0.6 is 0 Å². The maximum Gasteiger partial charge on any atom is 0.252 e. The molecule has 0 bridgehead atoms. The lowest BCUT2D eigenvalue weighted by Crippen LogP contribution is -2.47. The van der Waals surface area contributed by atoms with Gasteiger partial charge in [-0.3, -0.25) is 9.59 Å². The molecule has 1 aliphatic rings. The van der Waals surface area contributed by atoms with Crippen molar-refractivity contribution in [3.05, 3.63) is 0 Å². The summed E-state index contributed by atoms with van der Waals surface area (Å²) in [5.74, 6) is -0.209. The molecule has 1 rings (SSSR count). The van der Waals surface area contributed by atoms with Gasteiger partial charge in [-0.2, -0.15) is 0 Å². The molecule has 1 fully saturated rings. The Bertz CT molecular complexity index is 371. The van der Waals surface area contributed by atoms with E-state index < -0.39 is 6.10 Å². The second-order valence-corrected chi connectivity index (χ2v) is 6.55. The van der Waals surface area contributed by atoms with Crippen LogP contribution in [0.25, 0.3) is 0 Å². The van der Waals surface area contributed by atoms with Gasteiger partial charge in [0.2, 0.25) is 5.91 Å². The zero-order valence-electron chi connectivity index (χ0n) is 13.6. The van der Waals surface area contributed by atoms with Crippen LogP contribution in [-0.2, 0) is 14.3 Å². The first-order valence-electron chi connectivity index (χ1n) is 7.47. The minimum atomic E-state index is -0.431. The summed E-state index contributed by atoms with van der Waals surface area (Å²) in [4.78, 5) is 27.7. The molecule has 0 radical (unpaired) electrons. The molecular formula is C15H28N2O4. The first kappa shape index (κ1) is 17.9. The Labute approximate surface area is 127 Å². The highest BCUT2D eigenvalue weighted by atomic mass is 16.5. The monoisotopic (exact) mass is 300 g/mol. The highest BCUT2D eigenvalue weighted by Crippen LogP contribution is 2.17. The largest absolute Gasteiger partial charge is 0.396 e. The van der Waals surface area contributed by atoms with Gasteiger partial charge >= 0.3 is 0 Å². The SMILES string of the molecule is COC1CCCCN(CC(=O)N(C)CC(C)(C)CO)C1=O. The molecule has 0 spiro atoms. The molecule has 1 N–H and O–H groups in total. The van der Waals surface area contributed by atoms with Gasteiger partial charge in [-0.25, -0.2) is 0 Å². The Balaban J connectivity index is 2.61. The molecule has 0 saturated carbocycles. The van der Waals surface area contributed by atoms with Crippen LogP contribution in [0.1, 0.15) is 33.1 Å². The van der Waals surface area contributed by atoms with Crippen LogP contribution in [0.15, 0.2) is 0 Å². The Morgan fingerprint density at radius 3 is 2.71 bits per heavy atom. The molecule has 0 aliphatic carbocycles. The summed E-state index contributed by atoms with van der Waals surface area (Å²) in [7, 11) is 3.24. The third-order valence-corrected chi connectivity index (χ3v) is 3.86. The van der Waals surface area contributed by atoms with Gasteiger partial charge in [-0.05, 0) is 19.3 Å². The van der Waals surface area contributed by atoms with Crippen LogP contribution < -0.4 is 0 Å². The molecule has 1 heterocycles. The summed E-state index contributed by atoms with van der Waals surface area (Å²) < 4.78 is 5.20. The first-order valence-corrected chi connectivity index (χ1v) is 7.47. The quantitative estimate of drug-likeness (QED) is 0.775. The number of rotatable bonds is 6. The molecular weight excluding hydrogens is 272 g/mol. The highest BCUT2D eigenvalue weighted by Gasteiger charge is 2.29. The maximum atomic E-state index is 12.3. The molecule has 0 aromatic carbocycles. The fourth-order valence-corrected chi connectivity index (χ4v) is 2.51. The Hall–Kier alpha value is -1.14. The molecule has 6 heteroatoms. The number of amides is 2. The van der Waals surface area contributed by atoms with Gasteiger partial charge in [-0.1, -0.05) is 13.8 Å². The number of hydrogen-bond acceptors (Lipinski definition) is 4. The molecule has 1 saturated heterocycles. The number of likely N-dealkylation sites (tertiary alicyclic amines) is 1. The fourth-order valence-electron chi connectivity index (χ4n) is 2.51. The standard InChI is InChI=1S/C15H28N2O4/c1-15(2,11-18)10-16(3)13(19)9-17-8-6-5-7-12(21-4)14(17)20/h12,18H,5-11H2,1-4H3. The lowest BCUT2D eigenvalue weighted by atomic mass is 9.94. The van der Waals surface area contributed by atoms with Crippen molar-refractivity contribution in [3.63, 3.8) is 0 Å². The highest BCUT2D eigenvalue weighted by molar-refractivity contribution is 5.87. The lowest BCUT2D eigenvalue weighted by molar-refractivity contribution is -0.146. The lowest BCUT2D eigenvalue weighted by Gasteiger charge is -2.30. The molecule has 1 aliphatic heterocycles. The van der Waals surface area contributed by atoms with Crippen molar-refractivity contribution < 1.29 is 19.4 Å². The summed E-state index contributed by atoms with van der Waals surface area (Å²) in [6.45, 7) is 4.94. The number of carbonyl (C=O) groups is 2. The summed E-state index contributed by atoms with van der Waals surface area (Å²) in [5.41, 5.74) is -0.345. The van der Waals surface area contributed by atoms with Gasteiger partial charge in [0.25, 0.3) is 5.91 Å². The Morgan fingerprint density at radius 1 is 1.48 bits per heavy atom. The van der Waals surface area contributed by atoms with E-state index in [0.29, 0.717) is 19.5 Å². The number of nitrogens with zero attached hydrogens (tertiary/aromatic N) is 2. The molecule has 21 heavy (non-hydrogen) atoms. The number of methoxy groups -OCH3 is 1. The number of ether oxygens (including phenoxy) is 1. The normalized spacial score (nSPS) is 20.3. The van der Waals surface area contributed by atoms with Crippen LogP contribution in [0, 0.1) is 5.41 Å². The van der Waals surface area contributed by atoms with Crippen molar-refractivity contribution in [2.75, 3.05) is 40.4 Å². The third-order valence-electron chi connectivity index (χ3n) is 3.86. The van der Waals surface area contributed by atoms with E-state index in [1.165, 1.54) is 7.11 Å². The number of hydrogen-bond donors (Lipinski definition) is 1. The molecule has 1 atom stereocenters. The Morgan fingerprint density at radius 2 is 2.14 bits per heavy atom. The number of aliphatic hydroxyl groups is 1. The van der Waals surface area contributed by atoms with Crippen LogP contribution in [0.3, 0.4) is 0 Å². The van der Waals surface area contributed by atoms with Crippen molar-refractivity contribution >= 4 is 11.8 Å². The maximum absolute atomic E-state index is 12.3. The Kier molecular flexibility index (Phi) is 6.61. The van der Waals surface area contributed by atoms with Crippen LogP contribution in [0.5, 0.6) is 0 Å². The van der Waals surface area contributed by atoms with Gasteiger partial charge in [-0.15, -0.1) is 0 Å². The zero-order valence-corrected chi connectivity index (χ0v) is 13.6.